The summed E-state index contributed by atoms with van der Waals surface area (Å²) in [5, 5.41) is 3.75. The average Bonchev–Trinajstić information content (AvgIpc) is 3.04. The summed E-state index contributed by atoms with van der Waals surface area (Å²) in [6.45, 7) is 2.30. The van der Waals surface area contributed by atoms with Crippen molar-refractivity contribution in [3.63, 3.8) is 0 Å². The molecule has 1 aromatic heterocycles. The van der Waals surface area contributed by atoms with Crippen molar-refractivity contribution < 1.29 is 22.4 Å². The van der Waals surface area contributed by atoms with Gasteiger partial charge in [-0.15, -0.1) is 0 Å². The van der Waals surface area contributed by atoms with Crippen LogP contribution in [-0.2, 0) is 26.0 Å². The number of fused-ring (bicyclic) bond motifs is 1. The average molecular weight is 487 g/mol. The van der Waals surface area contributed by atoms with Crippen molar-refractivity contribution in [1.29, 1.82) is 0 Å². The maximum atomic E-state index is 13.4. The van der Waals surface area contributed by atoms with Crippen LogP contribution in [0.1, 0.15) is 18.9 Å². The van der Waals surface area contributed by atoms with E-state index in [-0.39, 0.29) is 36.3 Å². The van der Waals surface area contributed by atoms with Crippen molar-refractivity contribution in [3.8, 4) is 0 Å². The SMILES string of the molecule is CC(=O)N[C@@H](Cc1c[nH]c2ccccc12)C(=O)N1CCCN(S(=O)(=O)c2ccc(F)cc2)CC1. The summed E-state index contributed by atoms with van der Waals surface area (Å²) in [4.78, 5) is 30.1. The summed E-state index contributed by atoms with van der Waals surface area (Å²) >= 11 is 0. The first-order valence-electron chi connectivity index (χ1n) is 11.1. The van der Waals surface area contributed by atoms with Gasteiger partial charge in [0.1, 0.15) is 11.9 Å². The molecule has 2 heterocycles. The van der Waals surface area contributed by atoms with E-state index >= 15 is 0 Å². The van der Waals surface area contributed by atoms with Gasteiger partial charge in [-0.25, -0.2) is 12.8 Å². The predicted octanol–water partition coefficient (Wildman–Crippen LogP) is 2.28. The van der Waals surface area contributed by atoms with Crippen LogP contribution in [0.2, 0.25) is 0 Å². The van der Waals surface area contributed by atoms with Crippen molar-refractivity contribution in [1.82, 2.24) is 19.5 Å². The van der Waals surface area contributed by atoms with Gasteiger partial charge in [0.05, 0.1) is 4.90 Å². The summed E-state index contributed by atoms with van der Waals surface area (Å²) in [5.74, 6) is -1.07. The molecule has 1 aliphatic rings. The van der Waals surface area contributed by atoms with E-state index in [1.165, 1.54) is 23.4 Å². The minimum absolute atomic E-state index is 0.0177. The molecule has 4 rings (SSSR count). The Bertz CT molecular complexity index is 1290. The van der Waals surface area contributed by atoms with Crippen LogP contribution < -0.4 is 5.32 Å². The van der Waals surface area contributed by atoms with Gasteiger partial charge in [0.25, 0.3) is 0 Å². The first kappa shape index (κ1) is 23.9. The van der Waals surface area contributed by atoms with Gasteiger partial charge in [-0.05, 0) is 42.3 Å². The normalized spacial score (nSPS) is 16.2. The number of carbonyl (C=O) groups is 2. The van der Waals surface area contributed by atoms with Crippen LogP contribution in [0.4, 0.5) is 4.39 Å². The van der Waals surface area contributed by atoms with Crippen LogP contribution in [0, 0.1) is 5.82 Å². The number of nitrogens with one attached hydrogen (secondary N) is 2. The van der Waals surface area contributed by atoms with Gasteiger partial charge >= 0.3 is 0 Å². The number of para-hydroxylation sites is 1. The smallest absolute Gasteiger partial charge is 0.245 e. The second-order valence-electron chi connectivity index (χ2n) is 8.35. The molecule has 0 spiro atoms. The maximum absolute atomic E-state index is 13.4. The Morgan fingerprint density at radius 1 is 1.06 bits per heavy atom. The highest BCUT2D eigenvalue weighted by molar-refractivity contribution is 7.89. The van der Waals surface area contributed by atoms with Gasteiger partial charge in [0.2, 0.25) is 21.8 Å². The molecule has 0 unspecified atom stereocenters. The summed E-state index contributed by atoms with van der Waals surface area (Å²) in [6.07, 6.45) is 2.61. The number of aromatic amines is 1. The lowest BCUT2D eigenvalue weighted by Gasteiger charge is -2.27. The van der Waals surface area contributed by atoms with E-state index in [2.05, 4.69) is 10.3 Å². The van der Waals surface area contributed by atoms with Crippen molar-refractivity contribution in [2.24, 2.45) is 0 Å². The number of hydrogen-bond acceptors (Lipinski definition) is 4. The Morgan fingerprint density at radius 3 is 2.53 bits per heavy atom. The number of carbonyl (C=O) groups excluding carboxylic acids is 2. The number of rotatable bonds is 6. The molecule has 1 fully saturated rings. The standard InChI is InChI=1S/C24H27FN4O4S/c1-17(30)27-23(15-18-16-26-22-6-3-2-5-21(18)22)24(31)28-11-4-12-29(14-13-28)34(32,33)20-9-7-19(25)8-10-20/h2-3,5-10,16,23,26H,4,11-15H2,1H3,(H,27,30)/t23-/m0/s1. The fraction of sp³-hybridized carbons (Fsp3) is 0.333. The first-order valence-corrected chi connectivity index (χ1v) is 12.6. The van der Waals surface area contributed by atoms with E-state index in [1.54, 1.807) is 4.90 Å². The van der Waals surface area contributed by atoms with E-state index in [4.69, 9.17) is 0 Å². The molecule has 180 valence electrons. The predicted molar refractivity (Wildman–Crippen MR) is 126 cm³/mol. The summed E-state index contributed by atoms with van der Waals surface area (Å²) in [6, 6.07) is 11.7. The maximum Gasteiger partial charge on any atom is 0.245 e. The van der Waals surface area contributed by atoms with E-state index < -0.39 is 21.9 Å². The van der Waals surface area contributed by atoms with Crippen molar-refractivity contribution in [3.05, 3.63) is 66.1 Å². The molecule has 0 saturated carbocycles. The number of benzene rings is 2. The zero-order valence-corrected chi connectivity index (χ0v) is 19.6. The number of hydrogen-bond donors (Lipinski definition) is 2. The van der Waals surface area contributed by atoms with E-state index in [0.717, 1.165) is 28.6 Å². The molecule has 1 aliphatic heterocycles. The van der Waals surface area contributed by atoms with Crippen LogP contribution >= 0.6 is 0 Å². The lowest BCUT2D eigenvalue weighted by Crippen LogP contribution is -2.50. The Labute approximate surface area is 197 Å². The topological polar surface area (TPSA) is 103 Å². The summed E-state index contributed by atoms with van der Waals surface area (Å²) < 4.78 is 40.5. The third kappa shape index (κ3) is 5.13. The van der Waals surface area contributed by atoms with Gasteiger partial charge in [-0.3, -0.25) is 9.59 Å². The summed E-state index contributed by atoms with van der Waals surface area (Å²) in [5.41, 5.74) is 1.86. The largest absolute Gasteiger partial charge is 0.361 e. The molecule has 3 aromatic rings. The third-order valence-corrected chi connectivity index (χ3v) is 7.91. The highest BCUT2D eigenvalue weighted by Gasteiger charge is 2.31. The monoisotopic (exact) mass is 486 g/mol. The quantitative estimate of drug-likeness (QED) is 0.558. The Morgan fingerprint density at radius 2 is 1.79 bits per heavy atom. The van der Waals surface area contributed by atoms with Crippen LogP contribution in [0.5, 0.6) is 0 Å². The number of halogens is 1. The lowest BCUT2D eigenvalue weighted by atomic mass is 10.0. The second kappa shape index (κ2) is 9.94. The molecule has 2 amide bonds. The Hall–Kier alpha value is -3.24. The second-order valence-corrected chi connectivity index (χ2v) is 10.3. The van der Waals surface area contributed by atoms with Gasteiger partial charge < -0.3 is 15.2 Å². The van der Waals surface area contributed by atoms with Crippen molar-refractivity contribution >= 4 is 32.7 Å². The molecule has 1 atom stereocenters. The van der Waals surface area contributed by atoms with Crippen LogP contribution in [0.25, 0.3) is 10.9 Å². The first-order chi connectivity index (χ1) is 16.3. The Balaban J connectivity index is 1.49. The minimum Gasteiger partial charge on any atom is -0.361 e. The van der Waals surface area contributed by atoms with Gasteiger partial charge in [-0.1, -0.05) is 18.2 Å². The molecule has 1 saturated heterocycles. The zero-order chi connectivity index (χ0) is 24.3. The van der Waals surface area contributed by atoms with Crippen molar-refractivity contribution in [2.75, 3.05) is 26.2 Å². The van der Waals surface area contributed by atoms with E-state index in [1.807, 2.05) is 30.5 Å². The molecule has 10 heteroatoms. The van der Waals surface area contributed by atoms with Crippen LogP contribution in [0.3, 0.4) is 0 Å². The molecule has 2 N–H and O–H groups in total. The fourth-order valence-corrected chi connectivity index (χ4v) is 5.77. The van der Waals surface area contributed by atoms with E-state index in [9.17, 15) is 22.4 Å². The van der Waals surface area contributed by atoms with Gasteiger partial charge in [0, 0.05) is 56.6 Å². The molecule has 34 heavy (non-hydrogen) atoms. The fourth-order valence-electron chi connectivity index (χ4n) is 4.30. The zero-order valence-electron chi connectivity index (χ0n) is 18.8. The lowest BCUT2D eigenvalue weighted by molar-refractivity contribution is -0.135. The third-order valence-electron chi connectivity index (χ3n) is 5.99. The number of nitrogens with zero attached hydrogens (tertiary/aromatic N) is 2. The highest BCUT2D eigenvalue weighted by atomic mass is 32.2. The minimum atomic E-state index is -3.80. The molecular formula is C24H27FN4O4S. The number of H-pyrrole nitrogens is 1. The van der Waals surface area contributed by atoms with E-state index in [0.29, 0.717) is 19.4 Å². The molecule has 0 aliphatic carbocycles. The number of amides is 2. The molecule has 2 aromatic carbocycles. The van der Waals surface area contributed by atoms with Crippen LogP contribution in [-0.4, -0.2) is 66.6 Å². The van der Waals surface area contributed by atoms with Gasteiger partial charge in [0.15, 0.2) is 0 Å². The molecular weight excluding hydrogens is 459 g/mol. The highest BCUT2D eigenvalue weighted by Crippen LogP contribution is 2.21. The Kier molecular flexibility index (Phi) is 6.99. The number of sulfonamides is 1. The number of aromatic nitrogens is 1. The van der Waals surface area contributed by atoms with Crippen molar-refractivity contribution in [2.45, 2.75) is 30.7 Å². The molecule has 0 radical (unpaired) electrons. The molecule has 0 bridgehead atoms. The molecule has 8 nitrogen and oxygen atoms in total. The summed E-state index contributed by atoms with van der Waals surface area (Å²) in [7, 11) is -3.80. The van der Waals surface area contributed by atoms with Gasteiger partial charge in [-0.2, -0.15) is 4.31 Å². The van der Waals surface area contributed by atoms with Crippen LogP contribution in [0.15, 0.2) is 59.6 Å².